The van der Waals surface area contributed by atoms with Gasteiger partial charge in [0.25, 0.3) is 0 Å². The molecule has 4 rings (SSSR count). The highest BCUT2D eigenvalue weighted by molar-refractivity contribution is 6.33. The second-order valence-electron chi connectivity index (χ2n) is 9.74. The van der Waals surface area contributed by atoms with Crippen LogP contribution in [0.2, 0.25) is 5.02 Å². The number of anilines is 2. The first kappa shape index (κ1) is 27.1. The average molecular weight is 521 g/mol. The van der Waals surface area contributed by atoms with Crippen molar-refractivity contribution in [3.05, 3.63) is 41.3 Å². The summed E-state index contributed by atoms with van der Waals surface area (Å²) in [5, 5.41) is 10.9. The maximum Gasteiger partial charge on any atom is 0.131 e. The van der Waals surface area contributed by atoms with Crippen LogP contribution in [0.15, 0.2) is 30.5 Å². The SMILES string of the molecule is COCCNC1CCC(Nc2cc(-c3cc(NCC4(OC)CCOCC4)ccc3F)c(Cl)cn2)CC1. The molecule has 1 aromatic carbocycles. The smallest absolute Gasteiger partial charge is 0.131 e. The van der Waals surface area contributed by atoms with Crippen molar-refractivity contribution in [3.63, 3.8) is 0 Å². The molecule has 2 aromatic rings. The zero-order chi connectivity index (χ0) is 25.4. The molecule has 2 aliphatic rings. The van der Waals surface area contributed by atoms with Gasteiger partial charge in [-0.05, 0) is 49.9 Å². The molecule has 36 heavy (non-hydrogen) atoms. The number of nitrogens with zero attached hydrogens (tertiary/aromatic N) is 1. The summed E-state index contributed by atoms with van der Waals surface area (Å²) in [4.78, 5) is 4.47. The number of rotatable bonds is 11. The lowest BCUT2D eigenvalue weighted by Gasteiger charge is -2.36. The predicted molar refractivity (Wildman–Crippen MR) is 142 cm³/mol. The Kier molecular flexibility index (Phi) is 9.79. The summed E-state index contributed by atoms with van der Waals surface area (Å²) in [6, 6.07) is 7.73. The molecule has 0 atom stereocenters. The summed E-state index contributed by atoms with van der Waals surface area (Å²) in [7, 11) is 3.46. The van der Waals surface area contributed by atoms with Crippen molar-refractivity contribution in [2.45, 2.75) is 56.2 Å². The highest BCUT2D eigenvalue weighted by Gasteiger charge is 2.32. The molecule has 0 unspecified atom stereocenters. The lowest BCUT2D eigenvalue weighted by atomic mass is 9.91. The molecule has 1 saturated heterocycles. The number of ether oxygens (including phenoxy) is 3. The largest absolute Gasteiger partial charge is 0.383 e. The topological polar surface area (TPSA) is 76.7 Å². The third-order valence-electron chi connectivity index (χ3n) is 7.38. The quantitative estimate of drug-likeness (QED) is 0.355. The van der Waals surface area contributed by atoms with Gasteiger partial charge in [-0.15, -0.1) is 0 Å². The first-order valence-corrected chi connectivity index (χ1v) is 13.2. The second-order valence-corrected chi connectivity index (χ2v) is 10.1. The van der Waals surface area contributed by atoms with Crippen molar-refractivity contribution < 1.29 is 18.6 Å². The molecular formula is C27H38ClFN4O3. The van der Waals surface area contributed by atoms with Gasteiger partial charge in [-0.2, -0.15) is 0 Å². The highest BCUT2D eigenvalue weighted by Crippen LogP contribution is 2.34. The normalized spacial score (nSPS) is 21.8. The average Bonchev–Trinajstić information content (AvgIpc) is 2.91. The van der Waals surface area contributed by atoms with Gasteiger partial charge in [-0.25, -0.2) is 9.37 Å². The molecule has 0 spiro atoms. The third kappa shape index (κ3) is 7.07. The van der Waals surface area contributed by atoms with Crippen LogP contribution in [0.25, 0.3) is 11.1 Å². The minimum atomic E-state index is -0.324. The molecule has 1 aromatic heterocycles. The zero-order valence-corrected chi connectivity index (χ0v) is 22.0. The number of hydrogen-bond donors (Lipinski definition) is 3. The standard InChI is InChI=1S/C27H38ClFN4O3/c1-34-14-11-30-19-3-5-20(6-4-19)33-26-16-22(24(28)17-31-26)23-15-21(7-8-25(23)29)32-18-27(35-2)9-12-36-13-10-27/h7-8,15-17,19-20,30,32H,3-6,9-14,18H2,1-2H3,(H,31,33). The van der Waals surface area contributed by atoms with Crippen LogP contribution in [0.3, 0.4) is 0 Å². The molecule has 0 bridgehead atoms. The summed E-state index contributed by atoms with van der Waals surface area (Å²) in [5.74, 6) is 0.387. The number of pyridine rings is 1. The van der Waals surface area contributed by atoms with Crippen LogP contribution in [0.5, 0.6) is 0 Å². The fourth-order valence-electron chi connectivity index (χ4n) is 5.04. The first-order valence-electron chi connectivity index (χ1n) is 12.8. The number of hydrogen-bond acceptors (Lipinski definition) is 7. The van der Waals surface area contributed by atoms with Gasteiger partial charge in [-0.1, -0.05) is 11.6 Å². The van der Waals surface area contributed by atoms with Gasteiger partial charge in [0, 0.05) is 88.5 Å². The van der Waals surface area contributed by atoms with Crippen molar-refractivity contribution in [1.29, 1.82) is 0 Å². The maximum absolute atomic E-state index is 14.9. The number of benzene rings is 1. The molecule has 1 aliphatic carbocycles. The molecule has 2 heterocycles. The van der Waals surface area contributed by atoms with Gasteiger partial charge in [-0.3, -0.25) is 0 Å². The lowest BCUT2D eigenvalue weighted by molar-refractivity contribution is -0.0807. The van der Waals surface area contributed by atoms with Gasteiger partial charge in [0.1, 0.15) is 11.6 Å². The minimum Gasteiger partial charge on any atom is -0.383 e. The number of aromatic nitrogens is 1. The van der Waals surface area contributed by atoms with Crippen LogP contribution in [0.4, 0.5) is 15.9 Å². The molecule has 2 fully saturated rings. The van der Waals surface area contributed by atoms with Gasteiger partial charge < -0.3 is 30.2 Å². The number of halogens is 2. The monoisotopic (exact) mass is 520 g/mol. The molecule has 0 amide bonds. The highest BCUT2D eigenvalue weighted by atomic mass is 35.5. The van der Waals surface area contributed by atoms with Crippen LogP contribution in [-0.2, 0) is 14.2 Å². The van der Waals surface area contributed by atoms with Gasteiger partial charge in [0.05, 0.1) is 17.2 Å². The molecular weight excluding hydrogens is 483 g/mol. The van der Waals surface area contributed by atoms with Crippen LogP contribution < -0.4 is 16.0 Å². The van der Waals surface area contributed by atoms with E-state index >= 15 is 0 Å². The predicted octanol–water partition coefficient (Wildman–Crippen LogP) is 5.11. The van der Waals surface area contributed by atoms with E-state index in [4.69, 9.17) is 25.8 Å². The molecule has 3 N–H and O–H groups in total. The van der Waals surface area contributed by atoms with Crippen molar-refractivity contribution in [1.82, 2.24) is 10.3 Å². The first-order chi connectivity index (χ1) is 17.5. The van der Waals surface area contributed by atoms with E-state index in [9.17, 15) is 4.39 Å². The van der Waals surface area contributed by atoms with E-state index in [1.165, 1.54) is 6.07 Å². The van der Waals surface area contributed by atoms with Crippen molar-refractivity contribution in [3.8, 4) is 11.1 Å². The Morgan fingerprint density at radius 2 is 1.83 bits per heavy atom. The molecule has 1 aliphatic heterocycles. The van der Waals surface area contributed by atoms with Crippen molar-refractivity contribution in [2.75, 3.05) is 57.8 Å². The van der Waals surface area contributed by atoms with Gasteiger partial charge in [0.2, 0.25) is 0 Å². The summed E-state index contributed by atoms with van der Waals surface area (Å²) in [5.41, 5.74) is 1.60. The van der Waals surface area contributed by atoms with E-state index in [1.54, 1.807) is 32.5 Å². The number of methoxy groups -OCH3 is 2. The van der Waals surface area contributed by atoms with Crippen LogP contribution in [0.1, 0.15) is 38.5 Å². The Morgan fingerprint density at radius 1 is 1.08 bits per heavy atom. The summed E-state index contributed by atoms with van der Waals surface area (Å²) < 4.78 is 31.4. The Morgan fingerprint density at radius 3 is 2.56 bits per heavy atom. The van der Waals surface area contributed by atoms with E-state index in [0.29, 0.717) is 53.8 Å². The van der Waals surface area contributed by atoms with Crippen LogP contribution >= 0.6 is 11.6 Å². The van der Waals surface area contributed by atoms with Crippen LogP contribution in [0, 0.1) is 5.82 Å². The molecule has 7 nitrogen and oxygen atoms in total. The van der Waals surface area contributed by atoms with E-state index in [1.807, 2.05) is 6.07 Å². The molecule has 9 heteroatoms. The van der Waals surface area contributed by atoms with E-state index in [2.05, 4.69) is 20.9 Å². The van der Waals surface area contributed by atoms with Gasteiger partial charge >= 0.3 is 0 Å². The lowest BCUT2D eigenvalue weighted by Crippen LogP contribution is -2.44. The zero-order valence-electron chi connectivity index (χ0n) is 21.2. The Bertz CT molecular complexity index is 981. The molecule has 1 saturated carbocycles. The second kappa shape index (κ2) is 13.0. The van der Waals surface area contributed by atoms with Crippen molar-refractivity contribution >= 4 is 23.1 Å². The Labute approximate surface area is 218 Å². The minimum absolute atomic E-state index is 0.281. The fraction of sp³-hybridized carbons (Fsp3) is 0.593. The van der Waals surface area contributed by atoms with Crippen molar-refractivity contribution in [2.24, 2.45) is 0 Å². The summed E-state index contributed by atoms with van der Waals surface area (Å²) >= 11 is 6.49. The molecule has 0 radical (unpaired) electrons. The Hall–Kier alpha value is -1.97. The van der Waals surface area contributed by atoms with E-state index in [0.717, 1.165) is 57.4 Å². The summed E-state index contributed by atoms with van der Waals surface area (Å²) in [6.45, 7) is 3.59. The van der Waals surface area contributed by atoms with Gasteiger partial charge in [0.15, 0.2) is 0 Å². The Balaban J connectivity index is 1.41. The maximum atomic E-state index is 14.9. The fourth-order valence-corrected chi connectivity index (χ4v) is 5.25. The number of nitrogens with one attached hydrogen (secondary N) is 3. The van der Waals surface area contributed by atoms with E-state index in [-0.39, 0.29) is 11.4 Å². The summed E-state index contributed by atoms with van der Waals surface area (Å²) in [6.07, 6.45) is 7.52. The third-order valence-corrected chi connectivity index (χ3v) is 7.68. The van der Waals surface area contributed by atoms with Crippen LogP contribution in [-0.4, -0.2) is 69.8 Å². The van der Waals surface area contributed by atoms with E-state index < -0.39 is 0 Å². The molecule has 198 valence electrons.